The van der Waals surface area contributed by atoms with Crippen molar-refractivity contribution in [2.45, 2.75) is 0 Å². The molecule has 4 nitrogen and oxygen atoms in total. The summed E-state index contributed by atoms with van der Waals surface area (Å²) in [5.74, 6) is 0.478. The Kier molecular flexibility index (Phi) is 2.93. The van der Waals surface area contributed by atoms with Gasteiger partial charge in [0.05, 0.1) is 18.2 Å². The van der Waals surface area contributed by atoms with Crippen molar-refractivity contribution in [1.82, 2.24) is 14.5 Å². The highest BCUT2D eigenvalue weighted by Gasteiger charge is 2.10. The minimum absolute atomic E-state index is 0.478. The number of benzene rings is 1. The Bertz CT molecular complexity index is 721. The van der Waals surface area contributed by atoms with E-state index in [1.807, 2.05) is 41.0 Å². The zero-order chi connectivity index (χ0) is 13.2. The minimum atomic E-state index is 0.478. The molecule has 0 bridgehead atoms. The van der Waals surface area contributed by atoms with Crippen LogP contribution in [0.1, 0.15) is 0 Å². The fourth-order valence-electron chi connectivity index (χ4n) is 1.96. The summed E-state index contributed by atoms with van der Waals surface area (Å²) >= 11 is 6.02. The summed E-state index contributed by atoms with van der Waals surface area (Å²) in [4.78, 5) is 8.28. The SMILES string of the molecule is Nc1ncccc1-c1cncn1-c1cccc(Cl)c1. The van der Waals surface area contributed by atoms with Crippen LogP contribution in [0.4, 0.5) is 5.82 Å². The molecule has 94 valence electrons. The van der Waals surface area contributed by atoms with Crippen LogP contribution in [0.5, 0.6) is 0 Å². The molecule has 2 heterocycles. The highest BCUT2D eigenvalue weighted by atomic mass is 35.5. The molecule has 0 saturated heterocycles. The van der Waals surface area contributed by atoms with Crippen LogP contribution in [0, 0.1) is 0 Å². The van der Waals surface area contributed by atoms with Gasteiger partial charge in [-0.2, -0.15) is 0 Å². The van der Waals surface area contributed by atoms with Crippen molar-refractivity contribution in [3.63, 3.8) is 0 Å². The van der Waals surface area contributed by atoms with E-state index in [-0.39, 0.29) is 0 Å². The molecule has 19 heavy (non-hydrogen) atoms. The van der Waals surface area contributed by atoms with Crippen molar-refractivity contribution >= 4 is 17.4 Å². The second kappa shape index (κ2) is 4.74. The molecule has 0 saturated carbocycles. The summed E-state index contributed by atoms with van der Waals surface area (Å²) in [6.07, 6.45) is 5.15. The van der Waals surface area contributed by atoms with Gasteiger partial charge >= 0.3 is 0 Å². The van der Waals surface area contributed by atoms with Crippen molar-refractivity contribution in [2.24, 2.45) is 0 Å². The monoisotopic (exact) mass is 270 g/mol. The molecule has 2 N–H and O–H groups in total. The highest BCUT2D eigenvalue weighted by Crippen LogP contribution is 2.26. The minimum Gasteiger partial charge on any atom is -0.383 e. The van der Waals surface area contributed by atoms with Crippen LogP contribution in [-0.4, -0.2) is 14.5 Å². The zero-order valence-electron chi connectivity index (χ0n) is 9.99. The second-order valence-corrected chi connectivity index (χ2v) is 4.50. The Labute approximate surface area is 115 Å². The maximum atomic E-state index is 6.02. The highest BCUT2D eigenvalue weighted by molar-refractivity contribution is 6.30. The molecule has 0 aliphatic rings. The molecule has 0 aliphatic heterocycles. The number of pyridine rings is 1. The average molecular weight is 271 g/mol. The predicted octanol–water partition coefficient (Wildman–Crippen LogP) is 3.17. The molecule has 3 rings (SSSR count). The van der Waals surface area contributed by atoms with Crippen LogP contribution in [0.2, 0.25) is 5.02 Å². The van der Waals surface area contributed by atoms with E-state index in [9.17, 15) is 0 Å². The van der Waals surface area contributed by atoms with E-state index < -0.39 is 0 Å². The van der Waals surface area contributed by atoms with Crippen LogP contribution < -0.4 is 5.73 Å². The Hall–Kier alpha value is -2.33. The summed E-state index contributed by atoms with van der Waals surface area (Å²) in [6, 6.07) is 11.3. The molecule has 0 radical (unpaired) electrons. The van der Waals surface area contributed by atoms with E-state index in [0.717, 1.165) is 16.9 Å². The van der Waals surface area contributed by atoms with E-state index >= 15 is 0 Å². The summed E-state index contributed by atoms with van der Waals surface area (Å²) < 4.78 is 1.93. The molecule has 5 heteroatoms. The van der Waals surface area contributed by atoms with Crippen molar-refractivity contribution < 1.29 is 0 Å². The van der Waals surface area contributed by atoms with Crippen LogP contribution >= 0.6 is 11.6 Å². The maximum absolute atomic E-state index is 6.02. The number of nitrogens with two attached hydrogens (primary N) is 1. The quantitative estimate of drug-likeness (QED) is 0.778. The average Bonchev–Trinajstić information content (AvgIpc) is 2.88. The molecule has 0 atom stereocenters. The van der Waals surface area contributed by atoms with Gasteiger partial charge in [-0.15, -0.1) is 0 Å². The topological polar surface area (TPSA) is 56.7 Å². The molecule has 0 unspecified atom stereocenters. The van der Waals surface area contributed by atoms with Crippen molar-refractivity contribution in [2.75, 3.05) is 5.73 Å². The smallest absolute Gasteiger partial charge is 0.132 e. The Morgan fingerprint density at radius 3 is 2.84 bits per heavy atom. The number of hydrogen-bond acceptors (Lipinski definition) is 3. The molecule has 0 fully saturated rings. The Morgan fingerprint density at radius 1 is 1.16 bits per heavy atom. The number of halogens is 1. The first-order valence-electron chi connectivity index (χ1n) is 5.75. The van der Waals surface area contributed by atoms with Crippen molar-refractivity contribution in [1.29, 1.82) is 0 Å². The Balaban J connectivity index is 2.16. The summed E-state index contributed by atoms with van der Waals surface area (Å²) in [6.45, 7) is 0. The standard InChI is InChI=1S/C14H11ClN4/c15-10-3-1-4-11(7-10)19-9-17-8-13(19)12-5-2-6-18-14(12)16/h1-9H,(H2,16,18). The van der Waals surface area contributed by atoms with E-state index in [1.54, 1.807) is 18.7 Å². The normalized spacial score (nSPS) is 10.6. The number of nitrogen functional groups attached to an aromatic ring is 1. The molecule has 0 aliphatic carbocycles. The van der Waals surface area contributed by atoms with Gasteiger partial charge in [-0.25, -0.2) is 9.97 Å². The van der Waals surface area contributed by atoms with E-state index in [0.29, 0.717) is 10.8 Å². The third-order valence-electron chi connectivity index (χ3n) is 2.84. The predicted molar refractivity (Wildman–Crippen MR) is 76.2 cm³/mol. The van der Waals surface area contributed by atoms with Gasteiger partial charge in [0, 0.05) is 22.5 Å². The van der Waals surface area contributed by atoms with Gasteiger partial charge in [-0.1, -0.05) is 17.7 Å². The Morgan fingerprint density at radius 2 is 2.05 bits per heavy atom. The van der Waals surface area contributed by atoms with Gasteiger partial charge in [-0.3, -0.25) is 4.57 Å². The van der Waals surface area contributed by atoms with Gasteiger partial charge in [0.15, 0.2) is 0 Å². The lowest BCUT2D eigenvalue weighted by molar-refractivity contribution is 1.06. The largest absolute Gasteiger partial charge is 0.383 e. The van der Waals surface area contributed by atoms with Crippen molar-refractivity contribution in [3.8, 4) is 16.9 Å². The van der Waals surface area contributed by atoms with Crippen LogP contribution in [0.25, 0.3) is 16.9 Å². The second-order valence-electron chi connectivity index (χ2n) is 4.06. The molecule has 2 aromatic heterocycles. The number of nitrogens with zero attached hydrogens (tertiary/aromatic N) is 3. The van der Waals surface area contributed by atoms with Crippen molar-refractivity contribution in [3.05, 3.63) is 60.1 Å². The lowest BCUT2D eigenvalue weighted by Crippen LogP contribution is -1.99. The molecular formula is C14H11ClN4. The van der Waals surface area contributed by atoms with Gasteiger partial charge in [0.2, 0.25) is 0 Å². The summed E-state index contributed by atoms with van der Waals surface area (Å²) in [5, 5.41) is 0.677. The first kappa shape index (κ1) is 11.7. The molecule has 3 aromatic rings. The van der Waals surface area contributed by atoms with Crippen LogP contribution in [0.15, 0.2) is 55.1 Å². The summed E-state index contributed by atoms with van der Waals surface area (Å²) in [7, 11) is 0. The maximum Gasteiger partial charge on any atom is 0.132 e. The summed E-state index contributed by atoms with van der Waals surface area (Å²) in [5.41, 5.74) is 8.57. The van der Waals surface area contributed by atoms with E-state index in [1.165, 1.54) is 0 Å². The molecular weight excluding hydrogens is 260 g/mol. The first-order valence-corrected chi connectivity index (χ1v) is 6.12. The number of imidazole rings is 1. The number of aromatic nitrogens is 3. The van der Waals surface area contributed by atoms with E-state index in [4.69, 9.17) is 17.3 Å². The first-order chi connectivity index (χ1) is 9.25. The fraction of sp³-hybridized carbons (Fsp3) is 0. The fourth-order valence-corrected chi connectivity index (χ4v) is 2.14. The third-order valence-corrected chi connectivity index (χ3v) is 3.07. The number of anilines is 1. The lowest BCUT2D eigenvalue weighted by Gasteiger charge is -2.09. The number of rotatable bonds is 2. The van der Waals surface area contributed by atoms with Gasteiger partial charge in [0.1, 0.15) is 5.82 Å². The van der Waals surface area contributed by atoms with Crippen LogP contribution in [0.3, 0.4) is 0 Å². The van der Waals surface area contributed by atoms with Gasteiger partial charge < -0.3 is 5.73 Å². The molecule has 0 spiro atoms. The number of hydrogen-bond donors (Lipinski definition) is 1. The van der Waals surface area contributed by atoms with Gasteiger partial charge in [-0.05, 0) is 30.3 Å². The zero-order valence-corrected chi connectivity index (χ0v) is 10.7. The van der Waals surface area contributed by atoms with Gasteiger partial charge in [0.25, 0.3) is 0 Å². The van der Waals surface area contributed by atoms with E-state index in [2.05, 4.69) is 9.97 Å². The molecule has 1 aromatic carbocycles. The van der Waals surface area contributed by atoms with Crippen LogP contribution in [-0.2, 0) is 0 Å². The lowest BCUT2D eigenvalue weighted by atomic mass is 10.2. The molecule has 0 amide bonds. The third kappa shape index (κ3) is 2.18.